The third kappa shape index (κ3) is 12.8. The number of halogens is 4. The Morgan fingerprint density at radius 1 is 0.500 bits per heavy atom. The number of nitrogens with zero attached hydrogens (tertiary/aromatic N) is 4. The number of aryl methyl sites for hydroxylation is 2. The minimum atomic E-state index is 0. The van der Waals surface area contributed by atoms with E-state index in [0.717, 1.165) is 13.1 Å². The molecule has 0 spiro atoms. The summed E-state index contributed by atoms with van der Waals surface area (Å²) < 4.78 is 0. The number of rotatable bonds is 11. The first-order valence-corrected chi connectivity index (χ1v) is 15.4. The number of benzene rings is 2. The van der Waals surface area contributed by atoms with E-state index in [1.807, 2.05) is 0 Å². The van der Waals surface area contributed by atoms with Gasteiger partial charge in [-0.3, -0.25) is 19.6 Å². The van der Waals surface area contributed by atoms with Crippen molar-refractivity contribution in [3.63, 3.8) is 0 Å². The van der Waals surface area contributed by atoms with Crippen LogP contribution in [0.2, 0.25) is 0 Å². The molecule has 38 heavy (non-hydrogen) atoms. The number of hydrogen-bond acceptors (Lipinski definition) is 6. The van der Waals surface area contributed by atoms with Gasteiger partial charge in [0.25, 0.3) is 0 Å². The molecule has 2 aromatic rings. The highest BCUT2D eigenvalue weighted by Crippen LogP contribution is 2.22. The molecule has 10 heteroatoms. The molecule has 4 nitrogen and oxygen atoms in total. The van der Waals surface area contributed by atoms with Gasteiger partial charge in [-0.25, -0.2) is 0 Å². The Labute approximate surface area is 264 Å². The van der Waals surface area contributed by atoms with Crippen molar-refractivity contribution in [2.75, 3.05) is 77.0 Å². The number of piperazine rings is 2. The monoisotopic (exact) mass is 642 g/mol. The molecular formula is C28H46Cl4N4S2. The Balaban J connectivity index is 0.00000342. The maximum atomic E-state index is 2.65. The molecule has 0 unspecified atom stereocenters. The van der Waals surface area contributed by atoms with Crippen molar-refractivity contribution in [2.24, 2.45) is 0 Å². The summed E-state index contributed by atoms with van der Waals surface area (Å²) >= 11 is 0. The Morgan fingerprint density at radius 3 is 1.16 bits per heavy atom. The van der Waals surface area contributed by atoms with Gasteiger partial charge < -0.3 is 0 Å². The fourth-order valence-corrected chi connectivity index (χ4v) is 6.90. The van der Waals surface area contributed by atoms with Gasteiger partial charge in [-0.05, 0) is 36.1 Å². The SMILES string of the molecule is Cc1ccccc1CN1CCN(CCSSCCN2CCN(Cc3ccccc3C)CC2)CC1.Cl.Cl.Cl.Cl. The first-order chi connectivity index (χ1) is 16.7. The second kappa shape index (κ2) is 20.9. The molecule has 0 aromatic heterocycles. The molecule has 0 radical (unpaired) electrons. The van der Waals surface area contributed by atoms with Crippen LogP contribution < -0.4 is 0 Å². The van der Waals surface area contributed by atoms with Crippen molar-refractivity contribution in [1.29, 1.82) is 0 Å². The molecule has 0 saturated carbocycles. The smallest absolute Gasteiger partial charge is 0.0237 e. The van der Waals surface area contributed by atoms with Gasteiger partial charge in [0.05, 0.1) is 0 Å². The Morgan fingerprint density at radius 2 is 0.816 bits per heavy atom. The summed E-state index contributed by atoms with van der Waals surface area (Å²) in [5, 5.41) is 0. The summed E-state index contributed by atoms with van der Waals surface area (Å²) in [4.78, 5) is 10.5. The van der Waals surface area contributed by atoms with Crippen LogP contribution in [0.4, 0.5) is 0 Å². The number of hydrogen-bond donors (Lipinski definition) is 0. The van der Waals surface area contributed by atoms with E-state index in [-0.39, 0.29) is 49.6 Å². The molecule has 2 heterocycles. The quantitative estimate of drug-likeness (QED) is 0.209. The lowest BCUT2D eigenvalue weighted by Crippen LogP contribution is -2.46. The van der Waals surface area contributed by atoms with E-state index in [4.69, 9.17) is 0 Å². The van der Waals surface area contributed by atoms with Crippen molar-refractivity contribution in [3.05, 3.63) is 70.8 Å². The fourth-order valence-electron chi connectivity index (χ4n) is 4.85. The maximum absolute atomic E-state index is 2.65. The third-order valence-corrected chi connectivity index (χ3v) is 9.67. The lowest BCUT2D eigenvalue weighted by molar-refractivity contribution is 0.132. The van der Waals surface area contributed by atoms with Gasteiger partial charge in [-0.2, -0.15) is 0 Å². The van der Waals surface area contributed by atoms with E-state index in [9.17, 15) is 0 Å². The molecule has 2 fully saturated rings. The lowest BCUT2D eigenvalue weighted by atomic mass is 10.1. The van der Waals surface area contributed by atoms with Crippen LogP contribution in [0.5, 0.6) is 0 Å². The average molecular weight is 645 g/mol. The molecule has 2 aromatic carbocycles. The molecule has 0 atom stereocenters. The molecule has 0 bridgehead atoms. The van der Waals surface area contributed by atoms with Crippen LogP contribution in [0.25, 0.3) is 0 Å². The predicted molar refractivity (Wildman–Crippen MR) is 180 cm³/mol. The summed E-state index contributed by atoms with van der Waals surface area (Å²) in [6, 6.07) is 17.6. The van der Waals surface area contributed by atoms with Crippen LogP contribution in [0.15, 0.2) is 48.5 Å². The highest BCUT2D eigenvalue weighted by atomic mass is 35.5. The second-order valence-corrected chi connectivity index (χ2v) is 12.4. The fraction of sp³-hybridized carbons (Fsp3) is 0.571. The van der Waals surface area contributed by atoms with Crippen molar-refractivity contribution in [1.82, 2.24) is 19.6 Å². The van der Waals surface area contributed by atoms with Crippen LogP contribution >= 0.6 is 71.2 Å². The molecule has 218 valence electrons. The molecule has 0 amide bonds. The lowest BCUT2D eigenvalue weighted by Gasteiger charge is -2.35. The van der Waals surface area contributed by atoms with Gasteiger partial charge in [0.1, 0.15) is 0 Å². The molecule has 0 aliphatic carbocycles. The third-order valence-electron chi connectivity index (χ3n) is 7.31. The Kier molecular flexibility index (Phi) is 21.0. The molecule has 0 N–H and O–H groups in total. The topological polar surface area (TPSA) is 13.0 Å². The van der Waals surface area contributed by atoms with Crippen LogP contribution in [-0.4, -0.2) is 96.6 Å². The highest BCUT2D eigenvalue weighted by molar-refractivity contribution is 8.76. The average Bonchev–Trinajstić information content (AvgIpc) is 2.86. The summed E-state index contributed by atoms with van der Waals surface area (Å²) in [5.41, 5.74) is 5.80. The van der Waals surface area contributed by atoms with Crippen molar-refractivity contribution in [3.8, 4) is 0 Å². The van der Waals surface area contributed by atoms with Gasteiger partial charge >= 0.3 is 0 Å². The standard InChI is InChI=1S/C28H42N4S2.4ClH/c1-25-7-3-5-9-27(25)23-31-15-11-29(12-16-31)19-21-33-34-22-20-30-13-17-32(18-14-30)24-28-10-6-4-8-26(28)2;;;;/h3-10H,11-24H2,1-2H3;4*1H. The minimum Gasteiger partial charge on any atom is -0.300 e. The Bertz CT molecular complexity index is 808. The van der Waals surface area contributed by atoms with Crippen molar-refractivity contribution >= 4 is 71.2 Å². The zero-order chi connectivity index (χ0) is 23.6. The largest absolute Gasteiger partial charge is 0.300 e. The van der Waals surface area contributed by atoms with Gasteiger partial charge in [0.15, 0.2) is 0 Å². The van der Waals surface area contributed by atoms with Gasteiger partial charge in [0, 0.05) is 90.0 Å². The Hall–Kier alpha value is 0.140. The summed E-state index contributed by atoms with van der Waals surface area (Å²) in [5.74, 6) is 2.49. The van der Waals surface area contributed by atoms with E-state index in [0.29, 0.717) is 0 Å². The van der Waals surface area contributed by atoms with Gasteiger partial charge in [-0.1, -0.05) is 70.1 Å². The van der Waals surface area contributed by atoms with Gasteiger partial charge in [-0.15, -0.1) is 49.6 Å². The molecule has 4 rings (SSSR count). The molecular weight excluding hydrogens is 598 g/mol. The first kappa shape index (κ1) is 38.1. The summed E-state index contributed by atoms with van der Waals surface area (Å²) in [6.07, 6.45) is 0. The predicted octanol–water partition coefficient (Wildman–Crippen LogP) is 6.31. The van der Waals surface area contributed by atoms with E-state index in [1.165, 1.54) is 99.2 Å². The van der Waals surface area contributed by atoms with Crippen molar-refractivity contribution < 1.29 is 0 Å². The van der Waals surface area contributed by atoms with Crippen LogP contribution in [0.1, 0.15) is 22.3 Å². The van der Waals surface area contributed by atoms with Crippen LogP contribution in [0, 0.1) is 13.8 Å². The minimum absolute atomic E-state index is 0. The van der Waals surface area contributed by atoms with Crippen LogP contribution in [-0.2, 0) is 13.1 Å². The van der Waals surface area contributed by atoms with E-state index >= 15 is 0 Å². The molecule has 2 aliphatic heterocycles. The second-order valence-electron chi connectivity index (χ2n) is 9.73. The van der Waals surface area contributed by atoms with Gasteiger partial charge in [0.2, 0.25) is 0 Å². The van der Waals surface area contributed by atoms with Crippen LogP contribution in [0.3, 0.4) is 0 Å². The summed E-state index contributed by atoms with van der Waals surface area (Å²) in [7, 11) is 4.14. The zero-order valence-corrected chi connectivity index (χ0v) is 27.7. The highest BCUT2D eigenvalue weighted by Gasteiger charge is 2.18. The molecule has 2 saturated heterocycles. The van der Waals surface area contributed by atoms with Crippen molar-refractivity contribution in [2.45, 2.75) is 26.9 Å². The van der Waals surface area contributed by atoms with E-state index in [2.05, 4.69) is 104 Å². The van der Waals surface area contributed by atoms with E-state index in [1.54, 1.807) is 0 Å². The van der Waals surface area contributed by atoms with E-state index < -0.39 is 0 Å². The first-order valence-electron chi connectivity index (χ1n) is 12.9. The molecule has 2 aliphatic rings. The normalized spacial score (nSPS) is 17.0. The maximum Gasteiger partial charge on any atom is 0.0237 e. The zero-order valence-electron chi connectivity index (χ0n) is 22.8. The summed E-state index contributed by atoms with van der Waals surface area (Å²) in [6.45, 7) is 18.8.